The number of imidazole rings is 1. The molecule has 0 bridgehead atoms. The van der Waals surface area contributed by atoms with Crippen LogP contribution in [0.4, 0.5) is 0 Å². The van der Waals surface area contributed by atoms with E-state index in [0.29, 0.717) is 5.92 Å². The number of rotatable bonds is 3. The van der Waals surface area contributed by atoms with Gasteiger partial charge in [0, 0.05) is 14.1 Å². The van der Waals surface area contributed by atoms with Gasteiger partial charge in [-0.1, -0.05) is 13.0 Å². The smallest absolute Gasteiger partial charge is 0.295 e. The fourth-order valence-electron chi connectivity index (χ4n) is 2.86. The van der Waals surface area contributed by atoms with Gasteiger partial charge in [0.25, 0.3) is 0 Å². The van der Waals surface area contributed by atoms with Crippen molar-refractivity contribution in [1.29, 1.82) is 0 Å². The minimum Gasteiger partial charge on any atom is -0.295 e. The maximum Gasteiger partial charge on any atom is 0.328 e. The van der Waals surface area contributed by atoms with E-state index >= 15 is 0 Å². The lowest BCUT2D eigenvalue weighted by Crippen LogP contribution is -2.19. The van der Waals surface area contributed by atoms with Gasteiger partial charge in [-0.2, -0.15) is 0 Å². The summed E-state index contributed by atoms with van der Waals surface area (Å²) in [5, 5.41) is 0.0345. The lowest BCUT2D eigenvalue weighted by molar-refractivity contribution is 0.491. The van der Waals surface area contributed by atoms with E-state index in [4.69, 9.17) is 11.6 Å². The highest BCUT2D eigenvalue weighted by molar-refractivity contribution is 6.21. The first-order valence-electron chi connectivity index (χ1n) is 6.80. The van der Waals surface area contributed by atoms with E-state index in [1.54, 1.807) is 16.2 Å². The summed E-state index contributed by atoms with van der Waals surface area (Å²) in [4.78, 5) is 11.9. The summed E-state index contributed by atoms with van der Waals surface area (Å²) in [5.41, 5.74) is 3.04. The predicted molar refractivity (Wildman–Crippen MR) is 78.6 cm³/mol. The van der Waals surface area contributed by atoms with Crippen LogP contribution in [0.2, 0.25) is 0 Å². The van der Waals surface area contributed by atoms with E-state index < -0.39 is 0 Å². The van der Waals surface area contributed by atoms with Gasteiger partial charge in [-0.3, -0.25) is 9.13 Å². The van der Waals surface area contributed by atoms with E-state index in [1.807, 2.05) is 13.1 Å². The zero-order valence-electron chi connectivity index (χ0n) is 11.6. The third-order valence-corrected chi connectivity index (χ3v) is 5.09. The topological polar surface area (TPSA) is 26.9 Å². The van der Waals surface area contributed by atoms with Gasteiger partial charge in [-0.15, -0.1) is 11.6 Å². The van der Waals surface area contributed by atoms with Crippen molar-refractivity contribution < 1.29 is 0 Å². The van der Waals surface area contributed by atoms with E-state index in [2.05, 4.69) is 19.1 Å². The van der Waals surface area contributed by atoms with Crippen molar-refractivity contribution >= 4 is 22.6 Å². The van der Waals surface area contributed by atoms with Gasteiger partial charge in [0.1, 0.15) is 0 Å². The molecule has 0 amide bonds. The van der Waals surface area contributed by atoms with Gasteiger partial charge in [0.05, 0.1) is 16.4 Å². The Labute approximate surface area is 117 Å². The van der Waals surface area contributed by atoms with Crippen LogP contribution in [-0.4, -0.2) is 9.13 Å². The number of aryl methyl sites for hydroxylation is 2. The Morgan fingerprint density at radius 1 is 1.21 bits per heavy atom. The molecule has 0 spiro atoms. The normalized spacial score (nSPS) is 18.7. The molecule has 1 aliphatic rings. The molecule has 3 nitrogen and oxygen atoms in total. The molecule has 1 fully saturated rings. The Morgan fingerprint density at radius 2 is 1.84 bits per heavy atom. The minimum absolute atomic E-state index is 0.00788. The number of nitrogens with zero attached hydrogens (tertiary/aromatic N) is 2. The third kappa shape index (κ3) is 2.00. The standard InChI is InChI=1S/C15H19ClN2O/c1-9(10-4-5-10)14(16)11-6-7-12-13(8-11)18(3)15(19)17(12)2/h6-10,14H,4-5H2,1-3H3. The molecule has 3 rings (SSSR count). The fourth-order valence-corrected chi connectivity index (χ4v) is 3.20. The highest BCUT2D eigenvalue weighted by Gasteiger charge is 2.33. The van der Waals surface area contributed by atoms with Gasteiger partial charge in [0.2, 0.25) is 0 Å². The van der Waals surface area contributed by atoms with Crippen LogP contribution < -0.4 is 5.69 Å². The Bertz CT molecular complexity index is 681. The summed E-state index contributed by atoms with van der Waals surface area (Å²) in [6, 6.07) is 6.12. The van der Waals surface area contributed by atoms with Crippen LogP contribution >= 0.6 is 11.6 Å². The highest BCUT2D eigenvalue weighted by atomic mass is 35.5. The lowest BCUT2D eigenvalue weighted by atomic mass is 9.96. The van der Waals surface area contributed by atoms with Crippen LogP contribution in [-0.2, 0) is 14.1 Å². The third-order valence-electron chi connectivity index (χ3n) is 4.44. The van der Waals surface area contributed by atoms with E-state index in [9.17, 15) is 4.79 Å². The summed E-state index contributed by atoms with van der Waals surface area (Å²) in [6.45, 7) is 2.23. The molecule has 0 N–H and O–H groups in total. The van der Waals surface area contributed by atoms with Crippen LogP contribution in [0.25, 0.3) is 11.0 Å². The molecular weight excluding hydrogens is 260 g/mol. The van der Waals surface area contributed by atoms with Crippen molar-refractivity contribution in [2.45, 2.75) is 25.1 Å². The van der Waals surface area contributed by atoms with Crippen LogP contribution in [0.1, 0.15) is 30.7 Å². The summed E-state index contributed by atoms with van der Waals surface area (Å²) < 4.78 is 3.36. The second kappa shape index (κ2) is 4.41. The number of benzene rings is 1. The quantitative estimate of drug-likeness (QED) is 0.792. The lowest BCUT2D eigenvalue weighted by Gasteiger charge is -2.18. The molecule has 102 valence electrons. The Hall–Kier alpha value is -1.22. The molecule has 19 heavy (non-hydrogen) atoms. The van der Waals surface area contributed by atoms with E-state index in [1.165, 1.54) is 12.8 Å². The molecule has 2 unspecified atom stereocenters. The zero-order chi connectivity index (χ0) is 13.7. The highest BCUT2D eigenvalue weighted by Crippen LogP contribution is 2.45. The van der Waals surface area contributed by atoms with Crippen LogP contribution in [0.5, 0.6) is 0 Å². The maximum atomic E-state index is 11.9. The Balaban J connectivity index is 2.06. The molecule has 4 heteroatoms. The molecule has 1 heterocycles. The number of hydrogen-bond donors (Lipinski definition) is 0. The van der Waals surface area contributed by atoms with Gasteiger partial charge in [-0.05, 0) is 42.4 Å². The molecular formula is C15H19ClN2O. The molecule has 0 saturated heterocycles. The number of hydrogen-bond acceptors (Lipinski definition) is 1. The molecule has 1 saturated carbocycles. The van der Waals surface area contributed by atoms with Crippen molar-refractivity contribution in [2.75, 3.05) is 0 Å². The Kier molecular flexibility index (Phi) is 2.97. The van der Waals surface area contributed by atoms with Crippen molar-refractivity contribution in [2.24, 2.45) is 25.9 Å². The first kappa shape index (κ1) is 12.8. The van der Waals surface area contributed by atoms with Crippen molar-refractivity contribution in [3.63, 3.8) is 0 Å². The zero-order valence-corrected chi connectivity index (χ0v) is 12.3. The minimum atomic E-state index is 0.00788. The first-order valence-corrected chi connectivity index (χ1v) is 7.23. The molecule has 0 aliphatic heterocycles. The average Bonchev–Trinajstić information content (AvgIpc) is 3.24. The van der Waals surface area contributed by atoms with Gasteiger partial charge in [-0.25, -0.2) is 4.79 Å². The summed E-state index contributed by atoms with van der Waals surface area (Å²) in [6.07, 6.45) is 2.60. The molecule has 2 atom stereocenters. The maximum absolute atomic E-state index is 11.9. The average molecular weight is 279 g/mol. The van der Waals surface area contributed by atoms with Gasteiger partial charge >= 0.3 is 5.69 Å². The van der Waals surface area contributed by atoms with E-state index in [0.717, 1.165) is 22.5 Å². The van der Waals surface area contributed by atoms with Gasteiger partial charge in [0.15, 0.2) is 0 Å². The SMILES string of the molecule is CC(C1CC1)C(Cl)c1ccc2c(c1)n(C)c(=O)n2C. The summed E-state index contributed by atoms with van der Waals surface area (Å²) >= 11 is 6.60. The second-order valence-corrected chi connectivity index (χ2v) is 6.22. The van der Waals surface area contributed by atoms with Crippen molar-refractivity contribution in [1.82, 2.24) is 9.13 Å². The first-order chi connectivity index (χ1) is 9.00. The molecule has 1 aromatic heterocycles. The summed E-state index contributed by atoms with van der Waals surface area (Å²) in [5.74, 6) is 1.28. The Morgan fingerprint density at radius 3 is 2.47 bits per heavy atom. The molecule has 1 aromatic carbocycles. The number of alkyl halides is 1. The number of aromatic nitrogens is 2. The van der Waals surface area contributed by atoms with Crippen LogP contribution in [0, 0.1) is 11.8 Å². The molecule has 1 aliphatic carbocycles. The predicted octanol–water partition coefficient (Wildman–Crippen LogP) is 3.20. The summed E-state index contributed by atoms with van der Waals surface area (Å²) in [7, 11) is 3.61. The monoisotopic (exact) mass is 278 g/mol. The number of fused-ring (bicyclic) bond motifs is 1. The van der Waals surface area contributed by atoms with Crippen LogP contribution in [0.3, 0.4) is 0 Å². The van der Waals surface area contributed by atoms with E-state index in [-0.39, 0.29) is 11.1 Å². The number of halogens is 1. The second-order valence-electron chi connectivity index (χ2n) is 5.75. The largest absolute Gasteiger partial charge is 0.328 e. The fraction of sp³-hybridized carbons (Fsp3) is 0.533. The van der Waals surface area contributed by atoms with Crippen LogP contribution in [0.15, 0.2) is 23.0 Å². The molecule has 0 radical (unpaired) electrons. The molecule has 2 aromatic rings. The van der Waals surface area contributed by atoms with Crippen molar-refractivity contribution in [3.05, 3.63) is 34.2 Å². The van der Waals surface area contributed by atoms with Gasteiger partial charge < -0.3 is 0 Å². The van der Waals surface area contributed by atoms with Crippen molar-refractivity contribution in [3.8, 4) is 0 Å².